The van der Waals surface area contributed by atoms with E-state index in [1.165, 1.54) is 31.2 Å². The molecule has 11 heteroatoms. The Labute approximate surface area is 178 Å². The van der Waals surface area contributed by atoms with Crippen LogP contribution < -0.4 is 14.8 Å². The van der Waals surface area contributed by atoms with Crippen molar-refractivity contribution in [2.75, 3.05) is 0 Å². The number of carbonyl (C=O) groups excluding carboxylic acids is 2. The lowest BCUT2D eigenvalue weighted by Gasteiger charge is -2.17. The summed E-state index contributed by atoms with van der Waals surface area (Å²) in [5.74, 6) is 2.92. The third-order valence-electron chi connectivity index (χ3n) is 4.27. The lowest BCUT2D eigenvalue weighted by atomic mass is 9.93. The molecule has 1 fully saturated rings. The Balaban J connectivity index is 1.85. The van der Waals surface area contributed by atoms with Gasteiger partial charge in [0.05, 0.1) is 11.5 Å². The van der Waals surface area contributed by atoms with E-state index in [-0.39, 0.29) is 11.5 Å². The first kappa shape index (κ1) is 22.9. The van der Waals surface area contributed by atoms with E-state index in [9.17, 15) is 31.5 Å². The van der Waals surface area contributed by atoms with Crippen LogP contribution >= 0.6 is 0 Å². The number of benzene rings is 2. The van der Waals surface area contributed by atoms with Crippen molar-refractivity contribution in [3.8, 4) is 29.1 Å². The summed E-state index contributed by atoms with van der Waals surface area (Å²) in [6, 6.07) is 7.69. The zero-order valence-electron chi connectivity index (χ0n) is 16.2. The molecular weight excluding hydrogens is 441 g/mol. The highest BCUT2D eigenvalue weighted by molar-refractivity contribution is 6.00. The molecule has 0 radical (unpaired) electrons. The van der Waals surface area contributed by atoms with Crippen molar-refractivity contribution < 1.29 is 45.8 Å². The van der Waals surface area contributed by atoms with E-state index in [0.717, 1.165) is 6.07 Å². The van der Waals surface area contributed by atoms with E-state index >= 15 is 0 Å². The first-order chi connectivity index (χ1) is 15.1. The van der Waals surface area contributed by atoms with Crippen molar-refractivity contribution in [3.05, 3.63) is 53.6 Å². The topological polar surface area (TPSA) is 73.9 Å². The Kier molecular flexibility index (Phi) is 6.53. The maximum Gasteiger partial charge on any atom is 0.416 e. The number of imide groups is 1. The highest BCUT2D eigenvalue weighted by atomic mass is 19.4. The Morgan fingerprint density at radius 3 is 2.28 bits per heavy atom. The standard InChI is InChI=1S/C21H14F5NO5/c1-2-3-14(17-18(28)27-20(29)32-17)11-4-7-13(8-5-11)30-15-9-6-12(21(24,25)26)10-16(15)31-19(22)23/h4-10,14,17,19H,1H3,(H,27,28,29)/t14-,17+/m0/s1. The summed E-state index contributed by atoms with van der Waals surface area (Å²) in [5, 5.41) is 2.01. The molecule has 3 rings (SSSR count). The molecule has 1 aliphatic rings. The van der Waals surface area contributed by atoms with Crippen LogP contribution in [0.15, 0.2) is 42.5 Å². The minimum Gasteiger partial charge on any atom is -0.453 e. The van der Waals surface area contributed by atoms with Gasteiger partial charge in [-0.2, -0.15) is 22.0 Å². The lowest BCUT2D eigenvalue weighted by Crippen LogP contribution is -2.29. The summed E-state index contributed by atoms with van der Waals surface area (Å²) < 4.78 is 78.4. The monoisotopic (exact) mass is 455 g/mol. The van der Waals surface area contributed by atoms with Crippen LogP contribution in [0.5, 0.6) is 17.2 Å². The van der Waals surface area contributed by atoms with E-state index < -0.39 is 48.1 Å². The summed E-state index contributed by atoms with van der Waals surface area (Å²) in [4.78, 5) is 23.2. The minimum absolute atomic E-state index is 0.0868. The van der Waals surface area contributed by atoms with E-state index in [1.54, 1.807) is 0 Å². The van der Waals surface area contributed by atoms with E-state index in [0.29, 0.717) is 17.7 Å². The number of nitrogens with one attached hydrogen (secondary N) is 1. The van der Waals surface area contributed by atoms with Crippen LogP contribution in [0.2, 0.25) is 0 Å². The summed E-state index contributed by atoms with van der Waals surface area (Å²) in [6.07, 6.45) is -6.81. The third-order valence-corrected chi connectivity index (χ3v) is 4.27. The fraction of sp³-hybridized carbons (Fsp3) is 0.238. The molecule has 2 aromatic rings. The number of rotatable bonds is 6. The van der Waals surface area contributed by atoms with Crippen LogP contribution in [0.3, 0.4) is 0 Å². The maximum atomic E-state index is 12.9. The first-order valence-electron chi connectivity index (χ1n) is 8.96. The molecule has 6 nitrogen and oxygen atoms in total. The Hall–Kier alpha value is -3.81. The average molecular weight is 455 g/mol. The van der Waals surface area contributed by atoms with Crippen LogP contribution in [0.1, 0.15) is 24.0 Å². The number of halogens is 5. The second-order valence-corrected chi connectivity index (χ2v) is 6.40. The average Bonchev–Trinajstić information content (AvgIpc) is 3.04. The second-order valence-electron chi connectivity index (χ2n) is 6.40. The van der Waals surface area contributed by atoms with Gasteiger partial charge < -0.3 is 14.2 Å². The van der Waals surface area contributed by atoms with Crippen molar-refractivity contribution in [3.63, 3.8) is 0 Å². The molecule has 0 spiro atoms. The zero-order chi connectivity index (χ0) is 23.5. The molecule has 1 aliphatic heterocycles. The normalized spacial score (nSPS) is 16.7. The van der Waals surface area contributed by atoms with Crippen molar-refractivity contribution in [2.45, 2.75) is 31.7 Å². The summed E-state index contributed by atoms with van der Waals surface area (Å²) in [6.45, 7) is -1.83. The van der Waals surface area contributed by atoms with Gasteiger partial charge in [-0.3, -0.25) is 10.1 Å². The molecule has 32 heavy (non-hydrogen) atoms. The largest absolute Gasteiger partial charge is 0.453 e. The van der Waals surface area contributed by atoms with Crippen molar-refractivity contribution in [1.29, 1.82) is 0 Å². The number of alkyl carbamates (subject to hydrolysis) is 1. The quantitative estimate of drug-likeness (QED) is 0.499. The Morgan fingerprint density at radius 2 is 1.75 bits per heavy atom. The zero-order valence-corrected chi connectivity index (χ0v) is 16.2. The van der Waals surface area contributed by atoms with Crippen molar-refractivity contribution in [2.24, 2.45) is 0 Å². The van der Waals surface area contributed by atoms with Crippen LogP contribution in [0, 0.1) is 11.8 Å². The highest BCUT2D eigenvalue weighted by Gasteiger charge is 2.39. The third kappa shape index (κ3) is 5.26. The summed E-state index contributed by atoms with van der Waals surface area (Å²) in [5.41, 5.74) is -0.695. The van der Waals surface area contributed by atoms with Gasteiger partial charge in [-0.1, -0.05) is 18.1 Å². The van der Waals surface area contributed by atoms with Gasteiger partial charge in [0, 0.05) is 0 Å². The minimum atomic E-state index is -4.76. The molecule has 0 aromatic heterocycles. The Bertz CT molecular complexity index is 1070. The Morgan fingerprint density at radius 1 is 1.06 bits per heavy atom. The van der Waals surface area contributed by atoms with E-state index in [2.05, 4.69) is 16.6 Å². The van der Waals surface area contributed by atoms with Crippen LogP contribution in [0.4, 0.5) is 26.7 Å². The number of amides is 2. The van der Waals surface area contributed by atoms with Gasteiger partial charge >= 0.3 is 18.9 Å². The van der Waals surface area contributed by atoms with E-state index in [1.807, 2.05) is 5.32 Å². The fourth-order valence-electron chi connectivity index (χ4n) is 2.91. The molecule has 1 saturated heterocycles. The smallest absolute Gasteiger partial charge is 0.416 e. The van der Waals surface area contributed by atoms with Crippen molar-refractivity contribution >= 4 is 12.0 Å². The predicted molar refractivity (Wildman–Crippen MR) is 99.2 cm³/mol. The van der Waals surface area contributed by atoms with Crippen LogP contribution in [-0.2, 0) is 15.7 Å². The lowest BCUT2D eigenvalue weighted by molar-refractivity contribution is -0.138. The van der Waals surface area contributed by atoms with Gasteiger partial charge in [-0.25, -0.2) is 4.79 Å². The molecule has 0 bridgehead atoms. The number of cyclic esters (lactones) is 1. The molecule has 0 aliphatic carbocycles. The van der Waals surface area contributed by atoms with Gasteiger partial charge in [-0.05, 0) is 42.8 Å². The van der Waals surface area contributed by atoms with Gasteiger partial charge in [0.25, 0.3) is 5.91 Å². The number of hydrogen-bond donors (Lipinski definition) is 1. The first-order valence-corrected chi connectivity index (χ1v) is 8.96. The highest BCUT2D eigenvalue weighted by Crippen LogP contribution is 2.39. The molecule has 1 heterocycles. The maximum absolute atomic E-state index is 12.9. The summed E-state index contributed by atoms with van der Waals surface area (Å²) >= 11 is 0. The summed E-state index contributed by atoms with van der Waals surface area (Å²) in [7, 11) is 0. The van der Waals surface area contributed by atoms with Crippen LogP contribution in [-0.4, -0.2) is 24.7 Å². The molecule has 1 N–H and O–H groups in total. The van der Waals surface area contributed by atoms with Crippen LogP contribution in [0.25, 0.3) is 0 Å². The van der Waals surface area contributed by atoms with E-state index in [4.69, 9.17) is 9.47 Å². The number of hydrogen-bond acceptors (Lipinski definition) is 5. The molecular formula is C21H14F5NO5. The van der Waals surface area contributed by atoms with Gasteiger partial charge in [0.1, 0.15) is 5.75 Å². The second kappa shape index (κ2) is 9.13. The van der Waals surface area contributed by atoms with Gasteiger partial charge in [0.15, 0.2) is 17.6 Å². The fourth-order valence-corrected chi connectivity index (χ4v) is 2.91. The molecule has 168 valence electrons. The molecule has 2 amide bonds. The van der Waals surface area contributed by atoms with Gasteiger partial charge in [-0.15, -0.1) is 5.92 Å². The SMILES string of the molecule is CC#C[C@@H](c1ccc(Oc2ccc(C(F)(F)F)cc2OC(F)F)cc1)[C@H]1OC(=O)NC1=O. The molecule has 0 unspecified atom stereocenters. The predicted octanol–water partition coefficient (Wildman–Crippen LogP) is 4.84. The molecule has 0 saturated carbocycles. The number of carbonyl (C=O) groups is 2. The molecule has 2 aromatic carbocycles. The van der Waals surface area contributed by atoms with Gasteiger partial charge in [0.2, 0.25) is 0 Å². The van der Waals surface area contributed by atoms with Crippen molar-refractivity contribution in [1.82, 2.24) is 5.32 Å². The molecule has 2 atom stereocenters. The number of alkyl halides is 5. The number of ether oxygens (including phenoxy) is 3.